The molecule has 1 atom stereocenters. The summed E-state index contributed by atoms with van der Waals surface area (Å²) in [4.78, 5) is 0. The van der Waals surface area contributed by atoms with Gasteiger partial charge in [0.05, 0.1) is 18.8 Å². The average Bonchev–Trinajstić information content (AvgIpc) is 2.85. The third-order valence-corrected chi connectivity index (χ3v) is 3.29. The van der Waals surface area contributed by atoms with Gasteiger partial charge in [0.25, 0.3) is 0 Å². The van der Waals surface area contributed by atoms with E-state index in [-0.39, 0.29) is 6.10 Å². The van der Waals surface area contributed by atoms with Gasteiger partial charge in [0, 0.05) is 6.42 Å². The van der Waals surface area contributed by atoms with Gasteiger partial charge in [-0.3, -0.25) is 0 Å². The van der Waals surface area contributed by atoms with Crippen LogP contribution in [-0.2, 0) is 10.3 Å². The molecule has 0 aromatic heterocycles. The van der Waals surface area contributed by atoms with Crippen LogP contribution >= 0.6 is 0 Å². The third-order valence-electron chi connectivity index (χ3n) is 3.29. The quantitative estimate of drug-likeness (QED) is 0.844. The molecule has 1 N–H and O–H groups in total. The SMILES string of the molecule is OC1(c2cccc(OC3CCOC3)c2)CC1. The van der Waals surface area contributed by atoms with Crippen LogP contribution in [0.25, 0.3) is 0 Å². The highest BCUT2D eigenvalue weighted by Gasteiger charge is 2.42. The van der Waals surface area contributed by atoms with E-state index in [2.05, 4.69) is 0 Å². The zero-order chi connectivity index (χ0) is 11.0. The third kappa shape index (κ3) is 1.93. The number of aliphatic hydroxyl groups is 1. The maximum atomic E-state index is 10.0. The second kappa shape index (κ2) is 3.75. The standard InChI is InChI=1S/C13H16O3/c14-13(5-6-13)10-2-1-3-11(8-10)16-12-4-7-15-9-12/h1-3,8,12,14H,4-7,9H2. The van der Waals surface area contributed by atoms with Crippen LogP contribution in [0.1, 0.15) is 24.8 Å². The van der Waals surface area contributed by atoms with E-state index in [0.29, 0.717) is 6.61 Å². The molecule has 1 heterocycles. The number of rotatable bonds is 3. The highest BCUT2D eigenvalue weighted by molar-refractivity contribution is 5.35. The van der Waals surface area contributed by atoms with Crippen molar-refractivity contribution in [3.63, 3.8) is 0 Å². The van der Waals surface area contributed by atoms with Crippen LogP contribution in [0.2, 0.25) is 0 Å². The van der Waals surface area contributed by atoms with Gasteiger partial charge in [0.2, 0.25) is 0 Å². The van der Waals surface area contributed by atoms with Crippen LogP contribution in [0.3, 0.4) is 0 Å². The van der Waals surface area contributed by atoms with E-state index in [4.69, 9.17) is 9.47 Å². The van der Waals surface area contributed by atoms with Gasteiger partial charge in [-0.2, -0.15) is 0 Å². The van der Waals surface area contributed by atoms with Gasteiger partial charge >= 0.3 is 0 Å². The Bertz CT molecular complexity index is 379. The topological polar surface area (TPSA) is 38.7 Å². The van der Waals surface area contributed by atoms with Crippen LogP contribution in [-0.4, -0.2) is 24.4 Å². The molecule has 2 fully saturated rings. The van der Waals surface area contributed by atoms with E-state index >= 15 is 0 Å². The summed E-state index contributed by atoms with van der Waals surface area (Å²) < 4.78 is 11.1. The van der Waals surface area contributed by atoms with Crippen molar-refractivity contribution in [2.75, 3.05) is 13.2 Å². The van der Waals surface area contributed by atoms with E-state index in [0.717, 1.165) is 37.2 Å². The number of hydrogen-bond donors (Lipinski definition) is 1. The minimum absolute atomic E-state index is 0.170. The Morgan fingerprint density at radius 1 is 1.38 bits per heavy atom. The molecule has 1 saturated carbocycles. The minimum atomic E-state index is -0.578. The molecule has 1 saturated heterocycles. The molecule has 86 valence electrons. The summed E-state index contributed by atoms with van der Waals surface area (Å²) >= 11 is 0. The Labute approximate surface area is 95.0 Å². The lowest BCUT2D eigenvalue weighted by atomic mass is 10.1. The number of ether oxygens (including phenoxy) is 2. The fraction of sp³-hybridized carbons (Fsp3) is 0.538. The van der Waals surface area contributed by atoms with Crippen molar-refractivity contribution in [2.45, 2.75) is 31.0 Å². The molecule has 0 bridgehead atoms. The lowest BCUT2D eigenvalue weighted by Gasteiger charge is -2.14. The smallest absolute Gasteiger partial charge is 0.124 e. The maximum Gasteiger partial charge on any atom is 0.124 e. The molecule has 0 amide bonds. The summed E-state index contributed by atoms with van der Waals surface area (Å²) in [5.41, 5.74) is 0.398. The van der Waals surface area contributed by atoms with Crippen molar-refractivity contribution in [1.82, 2.24) is 0 Å². The van der Waals surface area contributed by atoms with E-state index in [1.54, 1.807) is 0 Å². The summed E-state index contributed by atoms with van der Waals surface area (Å²) in [6.45, 7) is 1.46. The van der Waals surface area contributed by atoms with Crippen LogP contribution < -0.4 is 4.74 Å². The molecule has 1 aliphatic carbocycles. The van der Waals surface area contributed by atoms with Crippen molar-refractivity contribution >= 4 is 0 Å². The van der Waals surface area contributed by atoms with Crippen molar-refractivity contribution < 1.29 is 14.6 Å². The lowest BCUT2D eigenvalue weighted by Crippen LogP contribution is -2.16. The summed E-state index contributed by atoms with van der Waals surface area (Å²) in [5, 5.41) is 10.0. The van der Waals surface area contributed by atoms with Gasteiger partial charge in [0.1, 0.15) is 11.9 Å². The molecule has 1 aromatic carbocycles. The average molecular weight is 220 g/mol. The molecular formula is C13H16O3. The first kappa shape index (κ1) is 10.1. The highest BCUT2D eigenvalue weighted by Crippen LogP contribution is 2.45. The normalized spacial score (nSPS) is 26.7. The van der Waals surface area contributed by atoms with E-state index in [9.17, 15) is 5.11 Å². The first-order chi connectivity index (χ1) is 7.76. The van der Waals surface area contributed by atoms with Gasteiger partial charge in [-0.25, -0.2) is 0 Å². The van der Waals surface area contributed by atoms with Crippen LogP contribution in [0, 0.1) is 0 Å². The summed E-state index contributed by atoms with van der Waals surface area (Å²) in [7, 11) is 0. The molecule has 0 radical (unpaired) electrons. The Kier molecular flexibility index (Phi) is 2.37. The van der Waals surface area contributed by atoms with Gasteiger partial charge in [-0.1, -0.05) is 12.1 Å². The highest BCUT2D eigenvalue weighted by atomic mass is 16.5. The minimum Gasteiger partial charge on any atom is -0.488 e. The summed E-state index contributed by atoms with van der Waals surface area (Å²) in [5.74, 6) is 0.841. The van der Waals surface area contributed by atoms with Crippen molar-refractivity contribution in [3.05, 3.63) is 29.8 Å². The zero-order valence-electron chi connectivity index (χ0n) is 9.19. The Balaban J connectivity index is 1.74. The molecule has 1 unspecified atom stereocenters. The van der Waals surface area contributed by atoms with Crippen molar-refractivity contribution in [1.29, 1.82) is 0 Å². The van der Waals surface area contributed by atoms with E-state index < -0.39 is 5.60 Å². The van der Waals surface area contributed by atoms with E-state index in [1.807, 2.05) is 24.3 Å². The van der Waals surface area contributed by atoms with Gasteiger partial charge in [-0.05, 0) is 30.5 Å². The molecule has 0 spiro atoms. The van der Waals surface area contributed by atoms with Gasteiger partial charge in [-0.15, -0.1) is 0 Å². The maximum absolute atomic E-state index is 10.0. The molecule has 3 nitrogen and oxygen atoms in total. The summed E-state index contributed by atoms with van der Waals surface area (Å²) in [6, 6.07) is 7.79. The van der Waals surface area contributed by atoms with Crippen LogP contribution in [0.5, 0.6) is 5.75 Å². The molecule has 1 aromatic rings. The molecular weight excluding hydrogens is 204 g/mol. The molecule has 16 heavy (non-hydrogen) atoms. The summed E-state index contributed by atoms with van der Waals surface area (Å²) in [6.07, 6.45) is 2.85. The first-order valence-corrected chi connectivity index (χ1v) is 5.84. The van der Waals surface area contributed by atoms with E-state index in [1.165, 1.54) is 0 Å². The van der Waals surface area contributed by atoms with Crippen molar-refractivity contribution in [3.8, 4) is 5.75 Å². The Hall–Kier alpha value is -1.06. The predicted octanol–water partition coefficient (Wildman–Crippen LogP) is 1.84. The molecule has 3 rings (SSSR count). The van der Waals surface area contributed by atoms with Crippen molar-refractivity contribution in [2.24, 2.45) is 0 Å². The number of hydrogen-bond acceptors (Lipinski definition) is 3. The van der Waals surface area contributed by atoms with Crippen LogP contribution in [0.15, 0.2) is 24.3 Å². The molecule has 1 aliphatic heterocycles. The van der Waals surface area contributed by atoms with Crippen LogP contribution in [0.4, 0.5) is 0 Å². The lowest BCUT2D eigenvalue weighted by molar-refractivity contribution is 0.138. The fourth-order valence-corrected chi connectivity index (χ4v) is 2.06. The zero-order valence-corrected chi connectivity index (χ0v) is 9.19. The molecule has 3 heteroatoms. The molecule has 2 aliphatic rings. The predicted molar refractivity (Wildman–Crippen MR) is 59.4 cm³/mol. The van der Waals surface area contributed by atoms with Gasteiger partial charge in [0.15, 0.2) is 0 Å². The van der Waals surface area contributed by atoms with Gasteiger partial charge < -0.3 is 14.6 Å². The largest absolute Gasteiger partial charge is 0.488 e. The first-order valence-electron chi connectivity index (χ1n) is 5.84. The number of benzene rings is 1. The fourth-order valence-electron chi connectivity index (χ4n) is 2.06. The Morgan fingerprint density at radius 3 is 2.94 bits per heavy atom. The second-order valence-electron chi connectivity index (χ2n) is 4.66. The second-order valence-corrected chi connectivity index (χ2v) is 4.66. The monoisotopic (exact) mass is 220 g/mol. The Morgan fingerprint density at radius 2 is 2.25 bits per heavy atom.